The van der Waals surface area contributed by atoms with Crippen molar-refractivity contribution >= 4 is 0 Å². The lowest BCUT2D eigenvalue weighted by atomic mass is 10.2. The van der Waals surface area contributed by atoms with Gasteiger partial charge in [-0.05, 0) is 19.4 Å². The monoisotopic (exact) mass is 254 g/mol. The minimum Gasteiger partial charge on any atom is -0.385 e. The Morgan fingerprint density at radius 3 is 2.22 bits per heavy atom. The molecule has 1 N–H and O–H groups in total. The van der Waals surface area contributed by atoms with Crippen molar-refractivity contribution in [3.8, 4) is 0 Å². The van der Waals surface area contributed by atoms with E-state index < -0.39 is 12.4 Å². The zero-order valence-corrected chi connectivity index (χ0v) is 11.0. The van der Waals surface area contributed by atoms with Crippen LogP contribution in [0.4, 0.5) is 0 Å². The molecule has 1 rings (SSSR count). The van der Waals surface area contributed by atoms with Crippen LogP contribution in [0, 0.1) is 0 Å². The highest BCUT2D eigenvalue weighted by atomic mass is 16.7. The lowest BCUT2D eigenvalue weighted by Crippen LogP contribution is -2.35. The molecule has 0 bridgehead atoms. The first-order valence-corrected chi connectivity index (χ1v) is 6.30. The number of rotatable bonds is 9. The molecular formula is C14H22O4. The molecule has 4 nitrogen and oxygen atoms in total. The highest BCUT2D eigenvalue weighted by Gasteiger charge is 2.19. The van der Waals surface area contributed by atoms with Gasteiger partial charge in [-0.25, -0.2) is 0 Å². The van der Waals surface area contributed by atoms with E-state index >= 15 is 0 Å². The highest BCUT2D eigenvalue weighted by molar-refractivity contribution is 5.13. The molecule has 1 atom stereocenters. The molecule has 0 saturated heterocycles. The summed E-state index contributed by atoms with van der Waals surface area (Å²) in [5.41, 5.74) is 1.08. The summed E-state index contributed by atoms with van der Waals surface area (Å²) in [6.45, 7) is 5.40. The number of hydrogen-bond donors (Lipinski definition) is 1. The summed E-state index contributed by atoms with van der Waals surface area (Å²) in [4.78, 5) is 0. The van der Waals surface area contributed by atoms with Gasteiger partial charge in [0.05, 0.1) is 13.2 Å². The summed E-state index contributed by atoms with van der Waals surface area (Å²) in [6, 6.07) is 9.83. The van der Waals surface area contributed by atoms with Gasteiger partial charge >= 0.3 is 0 Å². The van der Waals surface area contributed by atoms with Crippen LogP contribution >= 0.6 is 0 Å². The standard InChI is InChI=1S/C14H22O4/c1-3-17-14(18-4-2)13(15)11-16-10-12-8-6-5-7-9-12/h5-9,13-15H,3-4,10-11H2,1-2H3. The molecule has 0 spiro atoms. The molecule has 18 heavy (non-hydrogen) atoms. The van der Waals surface area contributed by atoms with Crippen LogP contribution in [0.2, 0.25) is 0 Å². The van der Waals surface area contributed by atoms with Gasteiger partial charge in [-0.2, -0.15) is 0 Å². The summed E-state index contributed by atoms with van der Waals surface area (Å²) >= 11 is 0. The van der Waals surface area contributed by atoms with Gasteiger partial charge in [0.15, 0.2) is 6.29 Å². The van der Waals surface area contributed by atoms with E-state index in [1.807, 2.05) is 44.2 Å². The third-order valence-electron chi connectivity index (χ3n) is 2.38. The normalized spacial score (nSPS) is 12.9. The quantitative estimate of drug-likeness (QED) is 0.684. The molecule has 4 heteroatoms. The van der Waals surface area contributed by atoms with Crippen molar-refractivity contribution < 1.29 is 19.3 Å². The topological polar surface area (TPSA) is 47.9 Å². The summed E-state index contributed by atoms with van der Waals surface area (Å²) in [5, 5.41) is 9.87. The average molecular weight is 254 g/mol. The second kappa shape index (κ2) is 9.05. The number of aliphatic hydroxyl groups is 1. The maximum absolute atomic E-state index is 9.87. The predicted octanol–water partition coefficient (Wildman–Crippen LogP) is 1.96. The van der Waals surface area contributed by atoms with E-state index in [1.54, 1.807) is 0 Å². The van der Waals surface area contributed by atoms with E-state index in [0.29, 0.717) is 19.8 Å². The molecule has 1 aromatic carbocycles. The van der Waals surface area contributed by atoms with E-state index in [-0.39, 0.29) is 6.61 Å². The molecule has 102 valence electrons. The van der Waals surface area contributed by atoms with Gasteiger partial charge in [0.1, 0.15) is 6.10 Å². The van der Waals surface area contributed by atoms with Gasteiger partial charge in [0, 0.05) is 13.2 Å². The van der Waals surface area contributed by atoms with Crippen molar-refractivity contribution in [2.75, 3.05) is 19.8 Å². The average Bonchev–Trinajstić information content (AvgIpc) is 2.39. The zero-order valence-electron chi connectivity index (χ0n) is 11.0. The van der Waals surface area contributed by atoms with Crippen LogP contribution in [0.3, 0.4) is 0 Å². The third-order valence-corrected chi connectivity index (χ3v) is 2.38. The molecule has 0 amide bonds. The van der Waals surface area contributed by atoms with Crippen molar-refractivity contribution in [1.82, 2.24) is 0 Å². The van der Waals surface area contributed by atoms with Gasteiger partial charge in [-0.3, -0.25) is 0 Å². The van der Waals surface area contributed by atoms with Gasteiger partial charge < -0.3 is 19.3 Å². The molecule has 1 aromatic rings. The molecule has 0 fully saturated rings. The fourth-order valence-corrected chi connectivity index (χ4v) is 1.55. The Morgan fingerprint density at radius 1 is 1.06 bits per heavy atom. The van der Waals surface area contributed by atoms with Crippen molar-refractivity contribution in [3.63, 3.8) is 0 Å². The summed E-state index contributed by atoms with van der Waals surface area (Å²) in [7, 11) is 0. The molecule has 0 aromatic heterocycles. The van der Waals surface area contributed by atoms with Crippen LogP contribution in [0.25, 0.3) is 0 Å². The van der Waals surface area contributed by atoms with Gasteiger partial charge in [0.25, 0.3) is 0 Å². The third kappa shape index (κ3) is 5.60. The fourth-order valence-electron chi connectivity index (χ4n) is 1.55. The largest absolute Gasteiger partial charge is 0.385 e. The lowest BCUT2D eigenvalue weighted by molar-refractivity contribution is -0.201. The Hall–Kier alpha value is -0.940. The van der Waals surface area contributed by atoms with Crippen molar-refractivity contribution in [2.45, 2.75) is 32.8 Å². The lowest BCUT2D eigenvalue weighted by Gasteiger charge is -2.22. The predicted molar refractivity (Wildman–Crippen MR) is 69.1 cm³/mol. The molecule has 0 aliphatic rings. The van der Waals surface area contributed by atoms with Crippen LogP contribution < -0.4 is 0 Å². The number of benzene rings is 1. The molecule has 0 heterocycles. The van der Waals surface area contributed by atoms with Crippen LogP contribution in [0.5, 0.6) is 0 Å². The first-order chi connectivity index (χ1) is 8.77. The molecule has 0 saturated carbocycles. The molecule has 0 aliphatic heterocycles. The number of aliphatic hydroxyl groups excluding tert-OH is 1. The Morgan fingerprint density at radius 2 is 1.67 bits per heavy atom. The van der Waals surface area contributed by atoms with E-state index in [0.717, 1.165) is 5.56 Å². The smallest absolute Gasteiger partial charge is 0.185 e. The van der Waals surface area contributed by atoms with Crippen LogP contribution in [-0.2, 0) is 20.8 Å². The van der Waals surface area contributed by atoms with Crippen molar-refractivity contribution in [2.24, 2.45) is 0 Å². The number of hydrogen-bond acceptors (Lipinski definition) is 4. The van der Waals surface area contributed by atoms with Gasteiger partial charge in [-0.1, -0.05) is 30.3 Å². The van der Waals surface area contributed by atoms with Gasteiger partial charge in [-0.15, -0.1) is 0 Å². The van der Waals surface area contributed by atoms with Crippen molar-refractivity contribution in [1.29, 1.82) is 0 Å². The first kappa shape index (κ1) is 15.1. The van der Waals surface area contributed by atoms with Crippen molar-refractivity contribution in [3.05, 3.63) is 35.9 Å². The molecule has 0 aliphatic carbocycles. The molecular weight excluding hydrogens is 232 g/mol. The van der Waals surface area contributed by atoms with E-state index in [4.69, 9.17) is 14.2 Å². The van der Waals surface area contributed by atoms with E-state index in [2.05, 4.69) is 0 Å². The summed E-state index contributed by atoms with van der Waals surface area (Å²) in [6.07, 6.45) is -1.38. The van der Waals surface area contributed by atoms with Crippen LogP contribution in [-0.4, -0.2) is 37.3 Å². The summed E-state index contributed by atoms with van der Waals surface area (Å²) < 4.78 is 16.0. The maximum Gasteiger partial charge on any atom is 0.185 e. The summed E-state index contributed by atoms with van der Waals surface area (Å²) in [5.74, 6) is 0. The second-order valence-electron chi connectivity index (χ2n) is 3.85. The van der Waals surface area contributed by atoms with Crippen LogP contribution in [0.1, 0.15) is 19.4 Å². The first-order valence-electron chi connectivity index (χ1n) is 6.30. The minimum absolute atomic E-state index is 0.194. The Labute approximate surface area is 108 Å². The zero-order chi connectivity index (χ0) is 13.2. The number of ether oxygens (including phenoxy) is 3. The minimum atomic E-state index is -0.770. The SMILES string of the molecule is CCOC(OCC)C(O)COCc1ccccc1. The molecule has 0 radical (unpaired) electrons. The maximum atomic E-state index is 9.87. The second-order valence-corrected chi connectivity index (χ2v) is 3.85. The Bertz CT molecular complexity index is 296. The van der Waals surface area contributed by atoms with E-state index in [1.165, 1.54) is 0 Å². The Kier molecular flexibility index (Phi) is 7.60. The fraction of sp³-hybridized carbons (Fsp3) is 0.571. The molecule has 1 unspecified atom stereocenters. The van der Waals surface area contributed by atoms with Gasteiger partial charge in [0.2, 0.25) is 0 Å². The van der Waals surface area contributed by atoms with Crippen LogP contribution in [0.15, 0.2) is 30.3 Å². The van der Waals surface area contributed by atoms with E-state index in [9.17, 15) is 5.11 Å². The Balaban J connectivity index is 2.28. The highest BCUT2D eigenvalue weighted by Crippen LogP contribution is 2.05.